The van der Waals surface area contributed by atoms with Gasteiger partial charge >= 0.3 is 391 Å². The van der Waals surface area contributed by atoms with Gasteiger partial charge in [0.1, 0.15) is 0 Å². The second kappa shape index (κ2) is 12.6. The summed E-state index contributed by atoms with van der Waals surface area (Å²) in [6.07, 6.45) is 0. The molecule has 0 bridgehead atoms. The summed E-state index contributed by atoms with van der Waals surface area (Å²) >= 11 is -1.17. The molecule has 0 amide bonds. The Morgan fingerprint density at radius 1 is 0.219 bits per heavy atom. The second-order valence-corrected chi connectivity index (χ2v) is 23.8. The Morgan fingerprint density at radius 3 is 1.06 bits per heavy atom. The van der Waals surface area contributed by atoms with Gasteiger partial charge < -0.3 is 0 Å². The Morgan fingerprint density at radius 2 is 0.594 bits per heavy atom. The number of benzene rings is 12. The summed E-state index contributed by atoms with van der Waals surface area (Å²) in [6, 6.07) is 75.2. The van der Waals surface area contributed by atoms with Crippen LogP contribution in [0.2, 0.25) is 0 Å². The van der Waals surface area contributed by atoms with Crippen LogP contribution in [0, 0.1) is 0 Å². The summed E-state index contributed by atoms with van der Waals surface area (Å²) in [5.74, 6) is 0. The van der Waals surface area contributed by atoms with Crippen LogP contribution < -0.4 is 0 Å². The van der Waals surface area contributed by atoms with E-state index >= 15 is 0 Å². The molecule has 0 saturated heterocycles. The molecule has 12 aromatic carbocycles. The second-order valence-electron chi connectivity index (χ2n) is 17.7. The SMILES string of the molecule is c1cc2c3c(cccc3c1)-c1c-2cc2c(ccc3c4cc5c(c(-c6cccc7c6[te]c6ccccc67)c4ccc23)-c2cccc3cccc-5c23)c1-c1cccc2c1[te]c1ccccc12. The molecule has 0 radical (unpaired) electrons. The molecular weight excluding hydrogens is 1000 g/mol. The minimum atomic E-state index is -0.587. The van der Waals surface area contributed by atoms with Crippen LogP contribution in [0.1, 0.15) is 0 Å². The molecule has 0 saturated carbocycles. The Kier molecular flexibility index (Phi) is 6.89. The quantitative estimate of drug-likeness (QED) is 0.120. The first-order valence-electron chi connectivity index (χ1n) is 22.2. The topological polar surface area (TPSA) is 0 Å². The van der Waals surface area contributed by atoms with E-state index in [2.05, 4.69) is 194 Å². The van der Waals surface area contributed by atoms with Gasteiger partial charge in [0.25, 0.3) is 0 Å². The van der Waals surface area contributed by atoms with Crippen molar-refractivity contribution in [1.82, 2.24) is 0 Å². The van der Waals surface area contributed by atoms with Crippen molar-refractivity contribution < 1.29 is 0 Å². The fourth-order valence-electron chi connectivity index (χ4n) is 12.2. The van der Waals surface area contributed by atoms with Crippen molar-refractivity contribution >= 4 is 130 Å². The Bertz CT molecular complexity index is 4180. The molecule has 2 aliphatic carbocycles. The van der Waals surface area contributed by atoms with Crippen LogP contribution in [-0.2, 0) is 0 Å². The summed E-state index contributed by atoms with van der Waals surface area (Å²) in [7, 11) is 0. The molecule has 0 fully saturated rings. The molecule has 0 spiro atoms. The molecular formula is C62H32Te2. The summed E-state index contributed by atoms with van der Waals surface area (Å²) in [5.41, 5.74) is 16.6. The number of fused-ring (bicyclic) bond motifs is 17. The van der Waals surface area contributed by atoms with Crippen molar-refractivity contribution in [3.05, 3.63) is 194 Å². The fraction of sp³-hybridized carbons (Fsp3) is 0. The van der Waals surface area contributed by atoms with Gasteiger partial charge in [0, 0.05) is 0 Å². The van der Waals surface area contributed by atoms with Crippen molar-refractivity contribution in [3.8, 4) is 66.8 Å². The third kappa shape index (κ3) is 4.41. The first-order valence-corrected chi connectivity index (χ1v) is 26.8. The van der Waals surface area contributed by atoms with Gasteiger partial charge in [0.05, 0.1) is 0 Å². The van der Waals surface area contributed by atoms with Crippen LogP contribution in [0.5, 0.6) is 0 Å². The van der Waals surface area contributed by atoms with Crippen LogP contribution in [0.25, 0.3) is 156 Å². The van der Waals surface area contributed by atoms with Crippen LogP contribution in [-0.4, -0.2) is 40.9 Å². The normalized spacial score (nSPS) is 12.7. The molecule has 292 valence electrons. The summed E-state index contributed by atoms with van der Waals surface area (Å²) in [4.78, 5) is 0. The maximum absolute atomic E-state index is 2.56. The molecule has 14 aromatic rings. The predicted molar refractivity (Wildman–Crippen MR) is 278 cm³/mol. The van der Waals surface area contributed by atoms with Gasteiger partial charge in [-0.2, -0.15) is 0 Å². The van der Waals surface area contributed by atoms with Crippen molar-refractivity contribution in [2.24, 2.45) is 0 Å². The standard InChI is InChI=1S/C62H32Te2/c1-3-25-53-37(15-1)43-19-9-23-47(61(43)63-53)57-41-29-27-36-35(49(41)31-51-39-17-5-11-33-13-7-21-45(55(33)39)59(51)57)28-30-42-50(36)32-52-40-18-6-12-34-14-8-22-46(56(34)40)60(52)58(42)48-24-10-20-44-38-16-2-4-26-54(38)64-62(44)48/h1-32H. The molecule has 0 unspecified atom stereocenters. The molecule has 16 rings (SSSR count). The zero-order valence-electron chi connectivity index (χ0n) is 34.3. The third-order valence-electron chi connectivity index (χ3n) is 14.7. The Hall–Kier alpha value is -6.48. The van der Waals surface area contributed by atoms with E-state index in [0.29, 0.717) is 0 Å². The van der Waals surface area contributed by atoms with Gasteiger partial charge in [0.15, 0.2) is 0 Å². The Balaban J connectivity index is 1.07. The minimum absolute atomic E-state index is 0.587. The third-order valence-corrected chi connectivity index (χ3v) is 21.7. The number of hydrogen-bond acceptors (Lipinski definition) is 0. The van der Waals surface area contributed by atoms with E-state index in [9.17, 15) is 0 Å². The first-order chi connectivity index (χ1) is 31.8. The van der Waals surface area contributed by atoms with Crippen LogP contribution in [0.3, 0.4) is 0 Å². The predicted octanol–water partition coefficient (Wildman–Crippen LogP) is 16.8. The van der Waals surface area contributed by atoms with E-state index in [0.717, 1.165) is 0 Å². The van der Waals surface area contributed by atoms with E-state index < -0.39 is 40.9 Å². The number of hydrogen-bond donors (Lipinski definition) is 0. The van der Waals surface area contributed by atoms with E-state index in [1.54, 1.807) is 13.6 Å². The molecule has 64 heavy (non-hydrogen) atoms. The van der Waals surface area contributed by atoms with Crippen molar-refractivity contribution in [2.75, 3.05) is 0 Å². The van der Waals surface area contributed by atoms with E-state index in [-0.39, 0.29) is 0 Å². The van der Waals surface area contributed by atoms with Crippen LogP contribution >= 0.6 is 0 Å². The molecule has 0 nitrogen and oxygen atoms in total. The van der Waals surface area contributed by atoms with Crippen molar-refractivity contribution in [3.63, 3.8) is 0 Å². The van der Waals surface area contributed by atoms with E-state index in [1.807, 2.05) is 0 Å². The zero-order valence-corrected chi connectivity index (χ0v) is 39.0. The van der Waals surface area contributed by atoms with Crippen molar-refractivity contribution in [1.29, 1.82) is 0 Å². The Labute approximate surface area is 387 Å². The van der Waals surface area contributed by atoms with Gasteiger partial charge in [-0.3, -0.25) is 0 Å². The monoisotopic (exact) mass is 1040 g/mol. The number of rotatable bonds is 2. The van der Waals surface area contributed by atoms with Gasteiger partial charge in [-0.05, 0) is 0 Å². The summed E-state index contributed by atoms with van der Waals surface area (Å²) in [5, 5.41) is 19.1. The van der Waals surface area contributed by atoms with Gasteiger partial charge in [0.2, 0.25) is 0 Å². The van der Waals surface area contributed by atoms with Crippen molar-refractivity contribution in [2.45, 2.75) is 0 Å². The van der Waals surface area contributed by atoms with Crippen LogP contribution in [0.15, 0.2) is 194 Å². The van der Waals surface area contributed by atoms with E-state index in [1.165, 1.54) is 142 Å². The molecule has 0 N–H and O–H groups in total. The first kappa shape index (κ1) is 34.9. The van der Waals surface area contributed by atoms with Gasteiger partial charge in [-0.1, -0.05) is 0 Å². The maximum atomic E-state index is 2.56. The fourth-order valence-corrected chi connectivity index (χ4v) is 19.1. The molecule has 2 aromatic heterocycles. The van der Waals surface area contributed by atoms with E-state index in [4.69, 9.17) is 0 Å². The zero-order chi connectivity index (χ0) is 41.4. The molecule has 2 heteroatoms. The average molecular weight is 1030 g/mol. The molecule has 0 atom stereocenters. The molecule has 2 heterocycles. The molecule has 2 aliphatic rings. The van der Waals surface area contributed by atoms with Gasteiger partial charge in [-0.25, -0.2) is 0 Å². The summed E-state index contributed by atoms with van der Waals surface area (Å²) < 4.78 is 6.23. The average Bonchev–Trinajstić information content (AvgIpc) is 4.10. The van der Waals surface area contributed by atoms with Gasteiger partial charge in [-0.15, -0.1) is 0 Å². The molecule has 0 aliphatic heterocycles. The van der Waals surface area contributed by atoms with Crippen LogP contribution in [0.4, 0.5) is 0 Å². The summed E-state index contributed by atoms with van der Waals surface area (Å²) in [6.45, 7) is 0.